The Morgan fingerprint density at radius 2 is 2.10 bits per heavy atom. The van der Waals surface area contributed by atoms with Crippen molar-refractivity contribution in [1.82, 2.24) is 15.2 Å². The van der Waals surface area contributed by atoms with Crippen LogP contribution in [0.3, 0.4) is 0 Å². The molecule has 6 nitrogen and oxygen atoms in total. The van der Waals surface area contributed by atoms with Crippen LogP contribution in [0.15, 0.2) is 23.1 Å². The molecule has 0 bridgehead atoms. The first kappa shape index (κ1) is 12.6. The van der Waals surface area contributed by atoms with Crippen LogP contribution < -0.4 is 4.74 Å². The van der Waals surface area contributed by atoms with Crippen LogP contribution in [0.25, 0.3) is 21.6 Å². The second-order valence-electron chi connectivity index (χ2n) is 4.29. The van der Waals surface area contributed by atoms with Crippen LogP contribution in [0, 0.1) is 0 Å². The number of H-pyrrole nitrogens is 1. The van der Waals surface area contributed by atoms with Gasteiger partial charge in [0.25, 0.3) is 0 Å². The first-order valence-electron chi connectivity index (χ1n) is 5.99. The van der Waals surface area contributed by atoms with E-state index in [9.17, 15) is 15.0 Å². The smallest absolute Gasteiger partial charge is 0.246 e. The Bertz CT molecular complexity index is 854. The number of aryl methyl sites for hydroxylation is 1. The number of aromatic nitrogens is 3. The minimum absolute atomic E-state index is 0.0312. The van der Waals surface area contributed by atoms with E-state index in [0.29, 0.717) is 33.6 Å². The molecule has 0 amide bonds. The molecule has 7 heteroatoms. The van der Waals surface area contributed by atoms with E-state index in [0.717, 1.165) is 11.3 Å². The summed E-state index contributed by atoms with van der Waals surface area (Å²) in [5.41, 5.74) is 1.50. The third-order valence-electron chi connectivity index (χ3n) is 3.05. The number of phenolic OH excluding ortho intramolecular Hbond substituents is 2. The zero-order chi connectivity index (χ0) is 14.3. The second-order valence-corrected chi connectivity index (χ2v) is 5.25. The van der Waals surface area contributed by atoms with Crippen molar-refractivity contribution < 1.29 is 10.2 Å². The topological polar surface area (TPSA) is 99.1 Å². The number of fused-ring (bicyclic) bond motifs is 1. The molecule has 3 aromatic rings. The van der Waals surface area contributed by atoms with Crippen molar-refractivity contribution in [1.29, 1.82) is 0 Å². The van der Waals surface area contributed by atoms with Gasteiger partial charge in [0.15, 0.2) is 5.65 Å². The average molecular weight is 289 g/mol. The molecule has 0 aliphatic rings. The maximum absolute atomic E-state index is 12.0. The molecule has 102 valence electrons. The largest absolute Gasteiger partial charge is 0.508 e. The number of benzene rings is 1. The number of aromatic amines is 1. The summed E-state index contributed by atoms with van der Waals surface area (Å²) in [4.78, 5) is 16.2. The molecule has 0 aliphatic heterocycles. The fourth-order valence-electron chi connectivity index (χ4n) is 1.97. The van der Waals surface area contributed by atoms with Gasteiger partial charge in [0, 0.05) is 6.07 Å². The molecule has 0 saturated heterocycles. The molecule has 0 fully saturated rings. The highest BCUT2D eigenvalue weighted by Gasteiger charge is 2.14. The third-order valence-corrected chi connectivity index (χ3v) is 3.96. The van der Waals surface area contributed by atoms with E-state index in [1.54, 1.807) is 6.07 Å². The fraction of sp³-hybridized carbons (Fsp3) is 0.154. The minimum Gasteiger partial charge on any atom is -0.508 e. The Balaban J connectivity index is 2.27. The van der Waals surface area contributed by atoms with Crippen molar-refractivity contribution in [3.8, 4) is 22.1 Å². The van der Waals surface area contributed by atoms with Gasteiger partial charge in [-0.2, -0.15) is 5.10 Å². The molecule has 3 rings (SSSR count). The Kier molecular flexibility index (Phi) is 2.90. The molecule has 0 radical (unpaired) electrons. The van der Waals surface area contributed by atoms with Gasteiger partial charge in [-0.1, -0.05) is 18.3 Å². The van der Waals surface area contributed by atoms with Gasteiger partial charge in [-0.25, -0.2) is 4.98 Å². The number of hydrogen-bond donors (Lipinski definition) is 3. The van der Waals surface area contributed by atoms with Gasteiger partial charge in [0.1, 0.15) is 16.5 Å². The highest BCUT2D eigenvalue weighted by atomic mass is 32.1. The van der Waals surface area contributed by atoms with Crippen LogP contribution in [0.4, 0.5) is 0 Å². The zero-order valence-corrected chi connectivity index (χ0v) is 11.4. The van der Waals surface area contributed by atoms with Crippen molar-refractivity contribution in [2.24, 2.45) is 0 Å². The molecule has 1 aromatic carbocycles. The van der Waals surface area contributed by atoms with E-state index >= 15 is 0 Å². The monoisotopic (exact) mass is 289 g/mol. The van der Waals surface area contributed by atoms with Gasteiger partial charge in [-0.3, -0.25) is 9.89 Å². The van der Waals surface area contributed by atoms with Crippen molar-refractivity contribution in [2.45, 2.75) is 13.3 Å². The molecular formula is C13H11N3O3S. The lowest BCUT2D eigenvalue weighted by atomic mass is 10.1. The Labute approximate surface area is 117 Å². The van der Waals surface area contributed by atoms with Crippen molar-refractivity contribution in [3.63, 3.8) is 0 Å². The standard InChI is InChI=1S/C13H11N3O3S/c1-2-6-3-7(10(18)4-9(6)17)12-15-11-8(5-14-16-11)13(19)20-12/h3-5,17-18H,2H2,1H3,(H,14,16). The Morgan fingerprint density at radius 3 is 2.85 bits per heavy atom. The van der Waals surface area contributed by atoms with E-state index < -0.39 is 0 Å². The molecule has 0 spiro atoms. The van der Waals surface area contributed by atoms with Crippen molar-refractivity contribution in [3.05, 3.63) is 33.4 Å². The van der Waals surface area contributed by atoms with Gasteiger partial charge in [0.05, 0.1) is 17.1 Å². The summed E-state index contributed by atoms with van der Waals surface area (Å²) in [5.74, 6) is -0.0783. The van der Waals surface area contributed by atoms with E-state index in [-0.39, 0.29) is 16.2 Å². The SMILES string of the molecule is CCc1cc(-c2nc3[nH]ncc3c(=O)s2)c(O)cc1O. The van der Waals surface area contributed by atoms with Gasteiger partial charge in [-0.15, -0.1) is 0 Å². The first-order valence-corrected chi connectivity index (χ1v) is 6.81. The van der Waals surface area contributed by atoms with Gasteiger partial charge in [0.2, 0.25) is 4.74 Å². The average Bonchev–Trinajstić information content (AvgIpc) is 2.87. The lowest BCUT2D eigenvalue weighted by molar-refractivity contribution is 0.447. The number of nitrogens with zero attached hydrogens (tertiary/aromatic N) is 2. The normalized spacial score (nSPS) is 11.1. The molecule has 0 unspecified atom stereocenters. The predicted molar refractivity (Wildman–Crippen MR) is 76.2 cm³/mol. The molecule has 2 heterocycles. The highest BCUT2D eigenvalue weighted by Crippen LogP contribution is 2.35. The Morgan fingerprint density at radius 1 is 1.30 bits per heavy atom. The third kappa shape index (κ3) is 1.92. The van der Waals surface area contributed by atoms with Crippen LogP contribution in [0.1, 0.15) is 12.5 Å². The second kappa shape index (κ2) is 4.61. The minimum atomic E-state index is -0.177. The van der Waals surface area contributed by atoms with Crippen LogP contribution in [-0.2, 0) is 6.42 Å². The van der Waals surface area contributed by atoms with Crippen LogP contribution in [0.5, 0.6) is 11.5 Å². The van der Waals surface area contributed by atoms with Crippen LogP contribution in [0.2, 0.25) is 0 Å². The summed E-state index contributed by atoms with van der Waals surface area (Å²) >= 11 is 0.935. The molecular weight excluding hydrogens is 278 g/mol. The number of hydrogen-bond acceptors (Lipinski definition) is 6. The van der Waals surface area contributed by atoms with E-state index in [1.165, 1.54) is 12.3 Å². The molecule has 0 aliphatic carbocycles. The summed E-state index contributed by atoms with van der Waals surface area (Å²) in [6.45, 7) is 1.89. The van der Waals surface area contributed by atoms with E-state index in [1.807, 2.05) is 6.92 Å². The van der Waals surface area contributed by atoms with E-state index in [4.69, 9.17) is 0 Å². The van der Waals surface area contributed by atoms with Gasteiger partial charge < -0.3 is 10.2 Å². The molecule has 20 heavy (non-hydrogen) atoms. The molecule has 0 atom stereocenters. The van der Waals surface area contributed by atoms with Gasteiger partial charge >= 0.3 is 0 Å². The maximum Gasteiger partial charge on any atom is 0.246 e. The highest BCUT2D eigenvalue weighted by molar-refractivity contribution is 7.13. The first-order chi connectivity index (χ1) is 9.60. The van der Waals surface area contributed by atoms with Crippen molar-refractivity contribution >= 4 is 22.4 Å². The lowest BCUT2D eigenvalue weighted by Crippen LogP contribution is -1.97. The summed E-state index contributed by atoms with van der Waals surface area (Å²) < 4.78 is -0.177. The van der Waals surface area contributed by atoms with Crippen molar-refractivity contribution in [2.75, 3.05) is 0 Å². The van der Waals surface area contributed by atoms with Crippen LogP contribution in [-0.4, -0.2) is 25.4 Å². The zero-order valence-electron chi connectivity index (χ0n) is 10.5. The van der Waals surface area contributed by atoms with Crippen LogP contribution >= 0.6 is 11.3 Å². The maximum atomic E-state index is 12.0. The summed E-state index contributed by atoms with van der Waals surface area (Å²) in [6.07, 6.45) is 2.04. The predicted octanol–water partition coefficient (Wildman–Crippen LogP) is 2.02. The van der Waals surface area contributed by atoms with E-state index in [2.05, 4.69) is 15.2 Å². The summed E-state index contributed by atoms with van der Waals surface area (Å²) in [5, 5.41) is 26.9. The summed E-state index contributed by atoms with van der Waals surface area (Å²) in [6, 6.07) is 2.91. The Hall–Kier alpha value is -2.41. The number of phenols is 2. The number of nitrogens with one attached hydrogen (secondary N) is 1. The lowest BCUT2D eigenvalue weighted by Gasteiger charge is -2.07. The number of aromatic hydroxyl groups is 2. The molecule has 3 N–H and O–H groups in total. The number of rotatable bonds is 2. The molecule has 2 aromatic heterocycles. The molecule has 0 saturated carbocycles. The summed E-state index contributed by atoms with van der Waals surface area (Å²) in [7, 11) is 0. The van der Waals surface area contributed by atoms with Gasteiger partial charge in [-0.05, 0) is 18.1 Å². The fourth-order valence-corrected chi connectivity index (χ4v) is 2.82. The quantitative estimate of drug-likeness (QED) is 0.670.